The lowest BCUT2D eigenvalue weighted by atomic mass is 10.3. The van der Waals surface area contributed by atoms with Gasteiger partial charge in [-0.25, -0.2) is 4.98 Å². The molecule has 0 unspecified atom stereocenters. The number of nitrogens with zero attached hydrogens (tertiary/aromatic N) is 2. The standard InChI is InChI=1S/C13H14ClN3O2S/c1-7(17-18)12-8(2)20-13(16-12)15-10-6-9(14)4-5-11(10)19-3/h4-6,18H,1-3H3,(H,15,16). The fraction of sp³-hybridized carbons (Fsp3) is 0.231. The molecule has 7 heteroatoms. The first-order valence-electron chi connectivity index (χ1n) is 5.82. The highest BCUT2D eigenvalue weighted by atomic mass is 35.5. The third-order valence-electron chi connectivity index (χ3n) is 2.69. The van der Waals surface area contributed by atoms with Crippen LogP contribution in [-0.2, 0) is 0 Å². The molecule has 0 saturated carbocycles. The van der Waals surface area contributed by atoms with Gasteiger partial charge in [-0.2, -0.15) is 0 Å². The van der Waals surface area contributed by atoms with Crippen LogP contribution in [0.25, 0.3) is 0 Å². The number of nitrogens with one attached hydrogen (secondary N) is 1. The Morgan fingerprint density at radius 1 is 1.50 bits per heavy atom. The predicted molar refractivity (Wildman–Crippen MR) is 82.1 cm³/mol. The Kier molecular flexibility index (Phi) is 4.46. The van der Waals surface area contributed by atoms with Crippen LogP contribution in [0.5, 0.6) is 5.75 Å². The van der Waals surface area contributed by atoms with Gasteiger partial charge in [-0.3, -0.25) is 0 Å². The van der Waals surface area contributed by atoms with Crippen LogP contribution in [0.15, 0.2) is 23.4 Å². The molecule has 1 aromatic carbocycles. The van der Waals surface area contributed by atoms with Crippen LogP contribution in [0.4, 0.5) is 10.8 Å². The molecule has 0 atom stereocenters. The summed E-state index contributed by atoms with van der Waals surface area (Å²) in [5.74, 6) is 0.677. The lowest BCUT2D eigenvalue weighted by Gasteiger charge is -2.09. The minimum atomic E-state index is 0.477. The van der Waals surface area contributed by atoms with Crippen molar-refractivity contribution in [2.24, 2.45) is 5.16 Å². The van der Waals surface area contributed by atoms with Crippen molar-refractivity contribution in [2.75, 3.05) is 12.4 Å². The van der Waals surface area contributed by atoms with Gasteiger partial charge in [0.1, 0.15) is 17.2 Å². The third-order valence-corrected chi connectivity index (χ3v) is 3.81. The Labute approximate surface area is 125 Å². The molecule has 1 heterocycles. The zero-order chi connectivity index (χ0) is 14.7. The van der Waals surface area contributed by atoms with E-state index in [4.69, 9.17) is 21.5 Å². The zero-order valence-corrected chi connectivity index (χ0v) is 12.8. The van der Waals surface area contributed by atoms with Gasteiger partial charge in [0.25, 0.3) is 0 Å². The quantitative estimate of drug-likeness (QED) is 0.508. The number of halogens is 1. The van der Waals surface area contributed by atoms with Crippen molar-refractivity contribution in [1.29, 1.82) is 0 Å². The molecular formula is C13H14ClN3O2S. The second-order valence-corrected chi connectivity index (χ2v) is 5.72. The number of thiazole rings is 1. The summed E-state index contributed by atoms with van der Waals surface area (Å²) in [5, 5.41) is 16.5. The molecule has 0 fully saturated rings. The van der Waals surface area contributed by atoms with E-state index in [2.05, 4.69) is 15.5 Å². The second kappa shape index (κ2) is 6.11. The summed E-state index contributed by atoms with van der Waals surface area (Å²) in [7, 11) is 1.59. The average Bonchev–Trinajstić information content (AvgIpc) is 2.79. The SMILES string of the molecule is COc1ccc(Cl)cc1Nc1nc(C(C)=NO)c(C)s1. The number of benzene rings is 1. The predicted octanol–water partition coefficient (Wildman–Crippen LogP) is 4.06. The van der Waals surface area contributed by atoms with Crippen molar-refractivity contribution in [2.45, 2.75) is 13.8 Å². The van der Waals surface area contributed by atoms with Gasteiger partial charge in [-0.1, -0.05) is 16.8 Å². The average molecular weight is 312 g/mol. The second-order valence-electron chi connectivity index (χ2n) is 4.08. The Hall–Kier alpha value is -1.79. The van der Waals surface area contributed by atoms with Crippen LogP contribution < -0.4 is 10.1 Å². The number of methoxy groups -OCH3 is 1. The Morgan fingerprint density at radius 2 is 2.25 bits per heavy atom. The maximum atomic E-state index is 8.82. The fourth-order valence-corrected chi connectivity index (χ4v) is 2.78. The van der Waals surface area contributed by atoms with Gasteiger partial charge in [0.2, 0.25) is 0 Å². The van der Waals surface area contributed by atoms with Gasteiger partial charge in [-0.15, -0.1) is 11.3 Å². The van der Waals surface area contributed by atoms with Gasteiger partial charge in [0, 0.05) is 9.90 Å². The van der Waals surface area contributed by atoms with E-state index in [1.807, 2.05) is 6.92 Å². The molecule has 2 aromatic rings. The van der Waals surface area contributed by atoms with E-state index in [1.165, 1.54) is 11.3 Å². The summed E-state index contributed by atoms with van der Waals surface area (Å²) in [6, 6.07) is 5.31. The van der Waals surface area contributed by atoms with Crippen LogP contribution in [0.1, 0.15) is 17.5 Å². The number of rotatable bonds is 4. The van der Waals surface area contributed by atoms with Gasteiger partial charge < -0.3 is 15.3 Å². The molecular weight excluding hydrogens is 298 g/mol. The smallest absolute Gasteiger partial charge is 0.188 e. The van der Waals surface area contributed by atoms with Crippen molar-refractivity contribution in [1.82, 2.24) is 4.98 Å². The molecule has 0 aliphatic rings. The summed E-state index contributed by atoms with van der Waals surface area (Å²) in [4.78, 5) is 5.36. The Balaban J connectivity index is 2.33. The molecule has 0 aliphatic heterocycles. The van der Waals surface area contributed by atoms with E-state index in [0.717, 1.165) is 10.6 Å². The molecule has 0 spiro atoms. The highest BCUT2D eigenvalue weighted by Gasteiger charge is 2.12. The van der Waals surface area contributed by atoms with Crippen LogP contribution in [0.3, 0.4) is 0 Å². The van der Waals surface area contributed by atoms with E-state index < -0.39 is 0 Å². The number of oxime groups is 1. The first-order chi connectivity index (χ1) is 9.55. The normalized spacial score (nSPS) is 11.5. The fourth-order valence-electron chi connectivity index (χ4n) is 1.73. The molecule has 106 valence electrons. The molecule has 2 N–H and O–H groups in total. The number of hydrogen-bond donors (Lipinski definition) is 2. The number of hydrogen-bond acceptors (Lipinski definition) is 6. The van der Waals surface area contributed by atoms with Gasteiger partial charge in [-0.05, 0) is 32.0 Å². The minimum absolute atomic E-state index is 0.477. The van der Waals surface area contributed by atoms with Gasteiger partial charge >= 0.3 is 0 Å². The van der Waals surface area contributed by atoms with Crippen LogP contribution in [0, 0.1) is 6.92 Å². The van der Waals surface area contributed by atoms with E-state index in [1.54, 1.807) is 32.2 Å². The van der Waals surface area contributed by atoms with Crippen molar-refractivity contribution >= 4 is 39.5 Å². The summed E-state index contributed by atoms with van der Waals surface area (Å²) in [5.41, 5.74) is 1.88. The van der Waals surface area contributed by atoms with Crippen LogP contribution >= 0.6 is 22.9 Å². The highest BCUT2D eigenvalue weighted by molar-refractivity contribution is 7.15. The maximum absolute atomic E-state index is 8.82. The van der Waals surface area contributed by atoms with Crippen LogP contribution in [0.2, 0.25) is 5.02 Å². The van der Waals surface area contributed by atoms with E-state index in [0.29, 0.717) is 27.3 Å². The molecule has 1 aromatic heterocycles. The molecule has 0 bridgehead atoms. The van der Waals surface area contributed by atoms with Crippen molar-refractivity contribution in [3.05, 3.63) is 33.8 Å². The number of ether oxygens (including phenoxy) is 1. The van der Waals surface area contributed by atoms with Gasteiger partial charge in [0.15, 0.2) is 5.13 Å². The van der Waals surface area contributed by atoms with Gasteiger partial charge in [0.05, 0.1) is 12.8 Å². The van der Waals surface area contributed by atoms with E-state index in [9.17, 15) is 0 Å². The van der Waals surface area contributed by atoms with E-state index in [-0.39, 0.29) is 0 Å². The van der Waals surface area contributed by atoms with Crippen molar-refractivity contribution in [3.63, 3.8) is 0 Å². The molecule has 2 rings (SSSR count). The van der Waals surface area contributed by atoms with Crippen molar-refractivity contribution < 1.29 is 9.94 Å². The number of anilines is 2. The largest absolute Gasteiger partial charge is 0.495 e. The minimum Gasteiger partial charge on any atom is -0.495 e. The summed E-state index contributed by atoms with van der Waals surface area (Å²) < 4.78 is 5.27. The van der Waals surface area contributed by atoms with Crippen molar-refractivity contribution in [3.8, 4) is 5.75 Å². The Morgan fingerprint density at radius 3 is 2.90 bits per heavy atom. The summed E-state index contributed by atoms with van der Waals surface area (Å²) in [6.07, 6.45) is 0. The van der Waals surface area contributed by atoms with E-state index >= 15 is 0 Å². The first-order valence-corrected chi connectivity index (χ1v) is 7.01. The molecule has 0 aliphatic carbocycles. The lowest BCUT2D eigenvalue weighted by Crippen LogP contribution is -1.98. The topological polar surface area (TPSA) is 66.7 Å². The summed E-state index contributed by atoms with van der Waals surface area (Å²) in [6.45, 7) is 3.62. The molecule has 0 amide bonds. The zero-order valence-electron chi connectivity index (χ0n) is 11.3. The highest BCUT2D eigenvalue weighted by Crippen LogP contribution is 2.32. The molecule has 0 saturated heterocycles. The number of aromatic nitrogens is 1. The third kappa shape index (κ3) is 3.02. The first kappa shape index (κ1) is 14.6. The number of aryl methyl sites for hydroxylation is 1. The maximum Gasteiger partial charge on any atom is 0.188 e. The molecule has 0 radical (unpaired) electrons. The Bertz CT molecular complexity index is 655. The molecule has 20 heavy (non-hydrogen) atoms. The molecule has 5 nitrogen and oxygen atoms in total. The monoisotopic (exact) mass is 311 g/mol. The van der Waals surface area contributed by atoms with Crippen LogP contribution in [-0.4, -0.2) is 23.0 Å². The summed E-state index contributed by atoms with van der Waals surface area (Å²) >= 11 is 7.45. The lowest BCUT2D eigenvalue weighted by molar-refractivity contribution is 0.319.